The molecular formula is C24H22FN3O4. The average Bonchev–Trinajstić information content (AvgIpc) is 3.20. The summed E-state index contributed by atoms with van der Waals surface area (Å²) in [5.74, 6) is -0.554. The number of carbonyl (C=O) groups excluding carboxylic acids is 2. The number of aromatic nitrogens is 2. The lowest BCUT2D eigenvalue weighted by Crippen LogP contribution is -2.12. The summed E-state index contributed by atoms with van der Waals surface area (Å²) in [5, 5.41) is 7.81. The van der Waals surface area contributed by atoms with Crippen molar-refractivity contribution in [3.8, 4) is 5.75 Å². The Labute approximate surface area is 183 Å². The number of furan rings is 1. The predicted octanol–water partition coefficient (Wildman–Crippen LogP) is 4.92. The molecule has 1 amide bonds. The first-order chi connectivity index (χ1) is 15.2. The zero-order valence-electron chi connectivity index (χ0n) is 18.2. The number of aryl methyl sites for hydroxylation is 2. The Balaban J connectivity index is 1.48. The molecule has 2 aromatic carbocycles. The molecule has 0 fully saturated rings. The van der Waals surface area contributed by atoms with Gasteiger partial charge in [-0.1, -0.05) is 12.1 Å². The molecule has 0 aliphatic carbocycles. The van der Waals surface area contributed by atoms with E-state index in [0.29, 0.717) is 40.2 Å². The summed E-state index contributed by atoms with van der Waals surface area (Å²) in [4.78, 5) is 24.0. The zero-order chi connectivity index (χ0) is 23.0. The van der Waals surface area contributed by atoms with Crippen LogP contribution in [0.15, 0.2) is 46.9 Å². The minimum Gasteiger partial charge on any atom is -0.451 e. The van der Waals surface area contributed by atoms with E-state index in [0.717, 1.165) is 11.3 Å². The topological polar surface area (TPSA) is 86.4 Å². The molecule has 2 heterocycles. The Morgan fingerprint density at radius 1 is 1.12 bits per heavy atom. The normalized spacial score (nSPS) is 11.0. The second kappa shape index (κ2) is 8.30. The standard InChI is InChI=1S/C24H22FN3O4/c1-13-20-11-18(25)7-10-21(20)32-22(13)24(30)26-19-8-5-17(6-9-19)12-28-15(3)23(14(2)27-28)31-16(4)29/h5-11H,12H2,1-4H3,(H,26,30). The van der Waals surface area contributed by atoms with E-state index in [-0.39, 0.29) is 17.5 Å². The zero-order valence-corrected chi connectivity index (χ0v) is 18.2. The summed E-state index contributed by atoms with van der Waals surface area (Å²) in [6.45, 7) is 7.19. The van der Waals surface area contributed by atoms with E-state index in [2.05, 4.69) is 10.4 Å². The van der Waals surface area contributed by atoms with E-state index in [1.54, 1.807) is 30.7 Å². The fourth-order valence-electron chi connectivity index (χ4n) is 3.59. The first-order valence-electron chi connectivity index (χ1n) is 10.0. The monoisotopic (exact) mass is 435 g/mol. The summed E-state index contributed by atoms with van der Waals surface area (Å²) < 4.78 is 26.1. The van der Waals surface area contributed by atoms with Crippen molar-refractivity contribution in [3.05, 3.63) is 76.6 Å². The van der Waals surface area contributed by atoms with Gasteiger partial charge in [0.25, 0.3) is 5.91 Å². The molecule has 32 heavy (non-hydrogen) atoms. The van der Waals surface area contributed by atoms with Gasteiger partial charge in [-0.3, -0.25) is 14.3 Å². The number of esters is 1. The second-order valence-corrected chi connectivity index (χ2v) is 7.60. The third-order valence-electron chi connectivity index (χ3n) is 5.21. The number of carbonyl (C=O) groups is 2. The molecule has 0 aliphatic heterocycles. The molecule has 164 valence electrons. The molecule has 0 saturated heterocycles. The first-order valence-corrected chi connectivity index (χ1v) is 10.0. The van der Waals surface area contributed by atoms with Gasteiger partial charge in [-0.05, 0) is 56.7 Å². The Kier molecular flexibility index (Phi) is 5.52. The van der Waals surface area contributed by atoms with Crippen molar-refractivity contribution in [1.82, 2.24) is 9.78 Å². The third kappa shape index (κ3) is 4.12. The predicted molar refractivity (Wildman–Crippen MR) is 117 cm³/mol. The second-order valence-electron chi connectivity index (χ2n) is 7.60. The summed E-state index contributed by atoms with van der Waals surface area (Å²) in [5.41, 5.74) is 4.00. The molecular weight excluding hydrogens is 413 g/mol. The van der Waals surface area contributed by atoms with E-state index in [9.17, 15) is 14.0 Å². The van der Waals surface area contributed by atoms with E-state index >= 15 is 0 Å². The molecule has 2 aromatic heterocycles. The minimum atomic E-state index is -0.406. The molecule has 4 aromatic rings. The lowest BCUT2D eigenvalue weighted by atomic mass is 10.1. The molecule has 0 aliphatic rings. The average molecular weight is 435 g/mol. The van der Waals surface area contributed by atoms with Gasteiger partial charge in [0.15, 0.2) is 11.5 Å². The lowest BCUT2D eigenvalue weighted by molar-refractivity contribution is -0.131. The number of ether oxygens (including phenoxy) is 1. The van der Waals surface area contributed by atoms with Gasteiger partial charge in [0.1, 0.15) is 17.1 Å². The maximum absolute atomic E-state index is 13.5. The van der Waals surface area contributed by atoms with Gasteiger partial charge in [-0.15, -0.1) is 0 Å². The van der Waals surface area contributed by atoms with Crippen molar-refractivity contribution in [1.29, 1.82) is 0 Å². The smallest absolute Gasteiger partial charge is 0.308 e. The van der Waals surface area contributed by atoms with Gasteiger partial charge in [0.2, 0.25) is 0 Å². The highest BCUT2D eigenvalue weighted by Gasteiger charge is 2.19. The van der Waals surface area contributed by atoms with Crippen LogP contribution in [-0.2, 0) is 11.3 Å². The number of nitrogens with one attached hydrogen (secondary N) is 1. The van der Waals surface area contributed by atoms with E-state index in [4.69, 9.17) is 9.15 Å². The van der Waals surface area contributed by atoms with Crippen molar-refractivity contribution in [2.75, 3.05) is 5.32 Å². The minimum absolute atomic E-state index is 0.148. The highest BCUT2D eigenvalue weighted by molar-refractivity contribution is 6.06. The molecule has 0 atom stereocenters. The van der Waals surface area contributed by atoms with E-state index in [1.807, 2.05) is 19.1 Å². The number of nitrogens with zero attached hydrogens (tertiary/aromatic N) is 2. The van der Waals surface area contributed by atoms with Crippen LogP contribution in [0.4, 0.5) is 10.1 Å². The molecule has 7 nitrogen and oxygen atoms in total. The van der Waals surface area contributed by atoms with E-state index < -0.39 is 5.91 Å². The van der Waals surface area contributed by atoms with Crippen LogP contribution in [0.5, 0.6) is 5.75 Å². The van der Waals surface area contributed by atoms with Gasteiger partial charge < -0.3 is 14.5 Å². The molecule has 0 saturated carbocycles. The molecule has 0 unspecified atom stereocenters. The Bertz CT molecular complexity index is 1340. The lowest BCUT2D eigenvalue weighted by Gasteiger charge is -2.08. The summed E-state index contributed by atoms with van der Waals surface area (Å²) in [7, 11) is 0. The quantitative estimate of drug-likeness (QED) is 0.450. The summed E-state index contributed by atoms with van der Waals surface area (Å²) in [6, 6.07) is 11.5. The van der Waals surface area contributed by atoms with Crippen LogP contribution in [0.1, 0.15) is 40.0 Å². The largest absolute Gasteiger partial charge is 0.451 e. The van der Waals surface area contributed by atoms with Gasteiger partial charge in [0, 0.05) is 23.6 Å². The number of amides is 1. The summed E-state index contributed by atoms with van der Waals surface area (Å²) >= 11 is 0. The van der Waals surface area contributed by atoms with Crippen LogP contribution in [0.3, 0.4) is 0 Å². The number of halogens is 1. The third-order valence-corrected chi connectivity index (χ3v) is 5.21. The molecule has 0 bridgehead atoms. The number of benzene rings is 2. The van der Waals surface area contributed by atoms with Gasteiger partial charge in [-0.25, -0.2) is 4.39 Å². The molecule has 1 N–H and O–H groups in total. The Morgan fingerprint density at radius 3 is 2.53 bits per heavy atom. The number of hydrogen-bond acceptors (Lipinski definition) is 5. The van der Waals surface area contributed by atoms with E-state index in [1.165, 1.54) is 25.1 Å². The van der Waals surface area contributed by atoms with Crippen LogP contribution in [0.25, 0.3) is 11.0 Å². The molecule has 4 rings (SSSR count). The first kappa shape index (κ1) is 21.3. The van der Waals surface area contributed by atoms with Gasteiger partial charge >= 0.3 is 5.97 Å². The van der Waals surface area contributed by atoms with Crippen LogP contribution in [0, 0.1) is 26.6 Å². The van der Waals surface area contributed by atoms with Crippen molar-refractivity contribution in [2.24, 2.45) is 0 Å². The SMILES string of the molecule is CC(=O)Oc1c(C)nn(Cc2ccc(NC(=O)c3oc4ccc(F)cc4c3C)cc2)c1C. The number of rotatable bonds is 5. The van der Waals surface area contributed by atoms with Crippen molar-refractivity contribution in [3.63, 3.8) is 0 Å². The Hall–Kier alpha value is -3.94. The van der Waals surface area contributed by atoms with Crippen LogP contribution in [0.2, 0.25) is 0 Å². The fraction of sp³-hybridized carbons (Fsp3) is 0.208. The highest BCUT2D eigenvalue weighted by atomic mass is 19.1. The van der Waals surface area contributed by atoms with Crippen LogP contribution >= 0.6 is 0 Å². The van der Waals surface area contributed by atoms with Crippen molar-refractivity contribution >= 4 is 28.5 Å². The van der Waals surface area contributed by atoms with Gasteiger partial charge in [0.05, 0.1) is 12.2 Å². The molecule has 0 spiro atoms. The van der Waals surface area contributed by atoms with Crippen LogP contribution in [-0.4, -0.2) is 21.7 Å². The Morgan fingerprint density at radius 2 is 1.84 bits per heavy atom. The highest BCUT2D eigenvalue weighted by Crippen LogP contribution is 2.27. The number of anilines is 1. The molecule has 0 radical (unpaired) electrons. The van der Waals surface area contributed by atoms with Gasteiger partial charge in [-0.2, -0.15) is 5.10 Å². The van der Waals surface area contributed by atoms with Crippen LogP contribution < -0.4 is 10.1 Å². The maximum Gasteiger partial charge on any atom is 0.308 e. The van der Waals surface area contributed by atoms with Crippen molar-refractivity contribution in [2.45, 2.75) is 34.2 Å². The van der Waals surface area contributed by atoms with Crippen molar-refractivity contribution < 1.29 is 23.1 Å². The molecule has 8 heteroatoms. The summed E-state index contributed by atoms with van der Waals surface area (Å²) in [6.07, 6.45) is 0. The maximum atomic E-state index is 13.5. The fourth-order valence-corrected chi connectivity index (χ4v) is 3.59. The number of fused-ring (bicyclic) bond motifs is 1. The number of hydrogen-bond donors (Lipinski definition) is 1.